The van der Waals surface area contributed by atoms with Gasteiger partial charge in [-0.05, 0) is 38.5 Å². The van der Waals surface area contributed by atoms with E-state index in [-0.39, 0.29) is 0 Å². The van der Waals surface area contributed by atoms with Crippen molar-refractivity contribution < 1.29 is 0 Å². The number of benzene rings is 1. The molecule has 2 N–H and O–H groups in total. The van der Waals surface area contributed by atoms with Gasteiger partial charge in [0.15, 0.2) is 0 Å². The summed E-state index contributed by atoms with van der Waals surface area (Å²) in [6.45, 7) is 6.16. The third kappa shape index (κ3) is 2.77. The first-order valence-electron chi connectivity index (χ1n) is 5.93. The molecule has 2 rings (SSSR count). The van der Waals surface area contributed by atoms with Crippen LogP contribution in [0.25, 0.3) is 6.08 Å². The number of halogens is 1. The molecule has 0 saturated heterocycles. The van der Waals surface area contributed by atoms with Gasteiger partial charge in [-0.1, -0.05) is 35.9 Å². The molecular formula is C15H17ClN2. The van der Waals surface area contributed by atoms with Gasteiger partial charge in [0.1, 0.15) is 0 Å². The van der Waals surface area contributed by atoms with E-state index >= 15 is 0 Å². The topological polar surface area (TPSA) is 24.1 Å². The van der Waals surface area contributed by atoms with Gasteiger partial charge in [0.05, 0.1) is 5.70 Å². The molecule has 0 saturated carbocycles. The van der Waals surface area contributed by atoms with Gasteiger partial charge in [0.2, 0.25) is 0 Å². The van der Waals surface area contributed by atoms with Crippen LogP contribution in [0.3, 0.4) is 0 Å². The van der Waals surface area contributed by atoms with Crippen molar-refractivity contribution in [2.24, 2.45) is 0 Å². The highest BCUT2D eigenvalue weighted by Crippen LogP contribution is 2.19. The maximum atomic E-state index is 6.12. The maximum Gasteiger partial charge on any atom is 0.0575 e. The first-order chi connectivity index (χ1) is 8.58. The lowest BCUT2D eigenvalue weighted by molar-refractivity contribution is 0.804. The van der Waals surface area contributed by atoms with Gasteiger partial charge >= 0.3 is 0 Å². The highest BCUT2D eigenvalue weighted by Gasteiger charge is 2.08. The second-order valence-corrected chi connectivity index (χ2v) is 4.80. The van der Waals surface area contributed by atoms with Crippen LogP contribution in [0.15, 0.2) is 53.1 Å². The van der Waals surface area contributed by atoms with E-state index in [0.717, 1.165) is 33.4 Å². The highest BCUT2D eigenvalue weighted by atomic mass is 35.5. The number of hydrogen-bond donors (Lipinski definition) is 2. The summed E-state index contributed by atoms with van der Waals surface area (Å²) < 4.78 is 0. The van der Waals surface area contributed by atoms with Gasteiger partial charge in [-0.3, -0.25) is 0 Å². The summed E-state index contributed by atoms with van der Waals surface area (Å²) in [5.41, 5.74) is 5.49. The number of allylic oxidation sites excluding steroid dienone is 4. The molecule has 0 aromatic heterocycles. The monoisotopic (exact) mass is 260 g/mol. The van der Waals surface area contributed by atoms with Crippen LogP contribution in [0, 0.1) is 0 Å². The first-order valence-corrected chi connectivity index (χ1v) is 6.30. The molecular weight excluding hydrogens is 244 g/mol. The summed E-state index contributed by atoms with van der Waals surface area (Å²) >= 11 is 6.12. The molecule has 0 bridgehead atoms. The van der Waals surface area contributed by atoms with E-state index in [0.29, 0.717) is 0 Å². The van der Waals surface area contributed by atoms with Gasteiger partial charge in [0.25, 0.3) is 0 Å². The summed E-state index contributed by atoms with van der Waals surface area (Å²) in [6, 6.07) is 7.80. The predicted octanol–water partition coefficient (Wildman–Crippen LogP) is 4.03. The van der Waals surface area contributed by atoms with Gasteiger partial charge in [0, 0.05) is 22.1 Å². The Morgan fingerprint density at radius 3 is 2.28 bits per heavy atom. The average molecular weight is 261 g/mol. The Morgan fingerprint density at radius 2 is 1.56 bits per heavy atom. The number of hydrogen-bond acceptors (Lipinski definition) is 2. The Hall–Kier alpha value is -1.67. The Bertz CT molecular complexity index is 553. The normalized spacial score (nSPS) is 16.0. The van der Waals surface area contributed by atoms with Crippen LogP contribution in [0.2, 0.25) is 5.02 Å². The predicted molar refractivity (Wildman–Crippen MR) is 77.8 cm³/mol. The standard InChI is InChI=1S/C15H17ClN2/c1-10-11(2)18-15(12(3)17-10)9-8-13-6-4-5-7-14(13)16/h4-9,17-18H,1-3H3/b9-8+. The van der Waals surface area contributed by atoms with Crippen molar-refractivity contribution in [1.29, 1.82) is 0 Å². The fourth-order valence-corrected chi connectivity index (χ4v) is 1.98. The SMILES string of the molecule is CC1=C(C)NC(/C=C/c2ccccc2Cl)=C(C)N1. The lowest BCUT2D eigenvalue weighted by Gasteiger charge is -2.22. The molecule has 2 nitrogen and oxygen atoms in total. The van der Waals surface area contributed by atoms with E-state index in [1.165, 1.54) is 0 Å². The van der Waals surface area contributed by atoms with E-state index in [1.807, 2.05) is 36.4 Å². The van der Waals surface area contributed by atoms with Crippen molar-refractivity contribution >= 4 is 17.7 Å². The minimum atomic E-state index is 0.763. The summed E-state index contributed by atoms with van der Waals surface area (Å²) in [6.07, 6.45) is 4.06. The number of rotatable bonds is 2. The van der Waals surface area contributed by atoms with Crippen molar-refractivity contribution in [3.8, 4) is 0 Å². The lowest BCUT2D eigenvalue weighted by atomic mass is 10.1. The first kappa shape index (κ1) is 12.8. The molecule has 0 radical (unpaired) electrons. The van der Waals surface area contributed by atoms with Gasteiger partial charge in [-0.15, -0.1) is 0 Å². The van der Waals surface area contributed by atoms with Crippen molar-refractivity contribution in [1.82, 2.24) is 10.6 Å². The molecule has 1 aliphatic rings. The molecule has 0 fully saturated rings. The fraction of sp³-hybridized carbons (Fsp3) is 0.200. The minimum Gasteiger partial charge on any atom is -0.360 e. The van der Waals surface area contributed by atoms with Crippen LogP contribution >= 0.6 is 11.6 Å². The molecule has 1 aromatic carbocycles. The van der Waals surface area contributed by atoms with E-state index in [1.54, 1.807) is 0 Å². The third-order valence-corrected chi connectivity index (χ3v) is 3.34. The summed E-state index contributed by atoms with van der Waals surface area (Å²) in [4.78, 5) is 0. The van der Waals surface area contributed by atoms with E-state index in [4.69, 9.17) is 11.6 Å². The largest absolute Gasteiger partial charge is 0.360 e. The summed E-state index contributed by atoms with van der Waals surface area (Å²) in [5.74, 6) is 0. The molecule has 0 atom stereocenters. The van der Waals surface area contributed by atoms with Crippen molar-refractivity contribution in [2.45, 2.75) is 20.8 Å². The van der Waals surface area contributed by atoms with Crippen LogP contribution in [0.4, 0.5) is 0 Å². The molecule has 3 heteroatoms. The van der Waals surface area contributed by atoms with Crippen LogP contribution in [-0.4, -0.2) is 0 Å². The second kappa shape index (κ2) is 5.32. The van der Waals surface area contributed by atoms with Gasteiger partial charge in [-0.25, -0.2) is 0 Å². The van der Waals surface area contributed by atoms with Crippen molar-refractivity contribution in [2.75, 3.05) is 0 Å². The quantitative estimate of drug-likeness (QED) is 0.839. The zero-order valence-corrected chi connectivity index (χ0v) is 11.6. The van der Waals surface area contributed by atoms with Crippen LogP contribution in [0.1, 0.15) is 26.3 Å². The second-order valence-electron chi connectivity index (χ2n) is 4.39. The zero-order valence-electron chi connectivity index (χ0n) is 10.8. The molecule has 1 heterocycles. The maximum absolute atomic E-state index is 6.12. The zero-order chi connectivity index (χ0) is 13.1. The van der Waals surface area contributed by atoms with Crippen molar-refractivity contribution in [3.63, 3.8) is 0 Å². The Balaban J connectivity index is 2.20. The smallest absolute Gasteiger partial charge is 0.0575 e. The Labute approximate surface area is 113 Å². The van der Waals surface area contributed by atoms with Gasteiger partial charge < -0.3 is 10.6 Å². The highest BCUT2D eigenvalue weighted by molar-refractivity contribution is 6.32. The van der Waals surface area contributed by atoms with E-state index in [2.05, 4.69) is 31.4 Å². The lowest BCUT2D eigenvalue weighted by Crippen LogP contribution is -2.26. The molecule has 0 unspecified atom stereocenters. The van der Waals surface area contributed by atoms with E-state index < -0.39 is 0 Å². The average Bonchev–Trinajstić information content (AvgIpc) is 2.34. The fourth-order valence-electron chi connectivity index (χ4n) is 1.78. The van der Waals surface area contributed by atoms with Gasteiger partial charge in [-0.2, -0.15) is 0 Å². The molecule has 0 aliphatic carbocycles. The molecule has 0 spiro atoms. The number of nitrogens with one attached hydrogen (secondary N) is 2. The summed E-state index contributed by atoms with van der Waals surface area (Å²) in [7, 11) is 0. The molecule has 1 aliphatic heterocycles. The van der Waals surface area contributed by atoms with E-state index in [9.17, 15) is 0 Å². The Morgan fingerprint density at radius 1 is 0.889 bits per heavy atom. The third-order valence-electron chi connectivity index (χ3n) is 3.00. The minimum absolute atomic E-state index is 0.763. The van der Waals surface area contributed by atoms with Crippen LogP contribution in [-0.2, 0) is 0 Å². The molecule has 18 heavy (non-hydrogen) atoms. The van der Waals surface area contributed by atoms with Crippen LogP contribution in [0.5, 0.6) is 0 Å². The van der Waals surface area contributed by atoms with Crippen LogP contribution < -0.4 is 10.6 Å². The Kier molecular flexibility index (Phi) is 3.78. The molecule has 94 valence electrons. The molecule has 0 amide bonds. The van der Waals surface area contributed by atoms with Crippen molar-refractivity contribution in [3.05, 3.63) is 63.7 Å². The summed E-state index contributed by atoms with van der Waals surface area (Å²) in [5, 5.41) is 7.48. The molecule has 1 aromatic rings.